The molecule has 0 fully saturated rings. The lowest BCUT2D eigenvalue weighted by Gasteiger charge is -1.99. The van der Waals surface area contributed by atoms with E-state index >= 15 is 0 Å². The van der Waals surface area contributed by atoms with Gasteiger partial charge in [0.05, 0.1) is 18.1 Å². The van der Waals surface area contributed by atoms with Gasteiger partial charge in [-0.25, -0.2) is 23.1 Å². The average molecular weight is 315 g/mol. The van der Waals surface area contributed by atoms with Crippen molar-refractivity contribution in [2.75, 3.05) is 0 Å². The number of hydrogen-bond donors (Lipinski definition) is 0. The first kappa shape index (κ1) is 13.7. The van der Waals surface area contributed by atoms with Gasteiger partial charge in [-0.3, -0.25) is 9.25 Å². The molecule has 10 heteroatoms. The van der Waals surface area contributed by atoms with Gasteiger partial charge >= 0.3 is 5.69 Å². The van der Waals surface area contributed by atoms with E-state index in [2.05, 4.69) is 15.1 Å². The molecule has 0 saturated carbocycles. The molecule has 21 heavy (non-hydrogen) atoms. The molecule has 0 aliphatic heterocycles. The Bertz CT molecular complexity index is 867. The highest BCUT2D eigenvalue weighted by Gasteiger charge is 2.16. The van der Waals surface area contributed by atoms with Crippen molar-refractivity contribution < 1.29 is 8.78 Å². The first-order valence-corrected chi connectivity index (χ1v) is 6.26. The number of imidazole rings is 1. The molecule has 0 unspecified atom stereocenters. The summed E-state index contributed by atoms with van der Waals surface area (Å²) in [5.74, 6) is 0. The number of aromatic nitrogens is 6. The van der Waals surface area contributed by atoms with E-state index in [0.717, 1.165) is 4.68 Å². The van der Waals surface area contributed by atoms with Gasteiger partial charge in [-0.15, -0.1) is 0 Å². The topological polar surface area (TPSA) is 70.5 Å². The van der Waals surface area contributed by atoms with Crippen LogP contribution < -0.4 is 5.69 Å². The van der Waals surface area contributed by atoms with Crippen molar-refractivity contribution in [3.8, 4) is 5.69 Å². The average Bonchev–Trinajstić information content (AvgIpc) is 2.94. The Hall–Kier alpha value is -2.29. The molecule has 3 aromatic heterocycles. The molecule has 3 aromatic rings. The lowest BCUT2D eigenvalue weighted by molar-refractivity contribution is 0.122. The number of rotatable bonds is 3. The first-order valence-electron chi connectivity index (χ1n) is 5.88. The van der Waals surface area contributed by atoms with Crippen LogP contribution in [0.5, 0.6) is 0 Å². The van der Waals surface area contributed by atoms with Crippen LogP contribution in [-0.2, 0) is 13.6 Å². The predicted octanol–water partition coefficient (Wildman–Crippen LogP) is 1.23. The molecule has 0 aromatic carbocycles. The summed E-state index contributed by atoms with van der Waals surface area (Å²) in [6.45, 7) is -0.546. The number of halogens is 3. The van der Waals surface area contributed by atoms with Gasteiger partial charge in [0.15, 0.2) is 5.65 Å². The zero-order valence-corrected chi connectivity index (χ0v) is 11.5. The molecule has 0 saturated heterocycles. The van der Waals surface area contributed by atoms with Crippen LogP contribution in [-0.4, -0.2) is 35.3 Å². The molecule has 0 aliphatic rings. The summed E-state index contributed by atoms with van der Waals surface area (Å²) in [7, 11) is 1.56. The molecule has 0 atom stereocenters. The summed E-state index contributed by atoms with van der Waals surface area (Å²) in [6, 6.07) is 0. The molecular weight excluding hydrogens is 306 g/mol. The van der Waals surface area contributed by atoms with Crippen molar-refractivity contribution in [1.82, 2.24) is 28.9 Å². The molecular formula is C11H9ClF2N6O. The quantitative estimate of drug-likeness (QED) is 0.682. The predicted molar refractivity (Wildman–Crippen MR) is 70.9 cm³/mol. The van der Waals surface area contributed by atoms with Gasteiger partial charge in [0, 0.05) is 13.2 Å². The highest BCUT2D eigenvalue weighted by atomic mass is 35.5. The molecule has 0 radical (unpaired) electrons. The van der Waals surface area contributed by atoms with E-state index in [9.17, 15) is 13.6 Å². The van der Waals surface area contributed by atoms with Crippen molar-refractivity contribution in [3.05, 3.63) is 34.4 Å². The normalized spacial score (nSPS) is 11.7. The maximum absolute atomic E-state index is 12.3. The van der Waals surface area contributed by atoms with Crippen molar-refractivity contribution in [2.45, 2.75) is 13.0 Å². The van der Waals surface area contributed by atoms with Crippen LogP contribution in [0.25, 0.3) is 16.9 Å². The maximum atomic E-state index is 12.3. The fraction of sp³-hybridized carbons (Fsp3) is 0.273. The molecule has 0 amide bonds. The van der Waals surface area contributed by atoms with Gasteiger partial charge < -0.3 is 0 Å². The summed E-state index contributed by atoms with van der Waals surface area (Å²) in [4.78, 5) is 20.1. The minimum Gasteiger partial charge on any atom is -0.292 e. The zero-order chi connectivity index (χ0) is 15.1. The second-order valence-electron chi connectivity index (χ2n) is 4.34. The Morgan fingerprint density at radius 1 is 1.38 bits per heavy atom. The summed E-state index contributed by atoms with van der Waals surface area (Å²) < 4.78 is 28.4. The second kappa shape index (κ2) is 4.92. The smallest absolute Gasteiger partial charge is 0.292 e. The maximum Gasteiger partial charge on any atom is 0.334 e. The molecule has 3 rings (SSSR count). The number of aryl methyl sites for hydroxylation is 1. The molecule has 0 aliphatic carbocycles. The largest absolute Gasteiger partial charge is 0.334 e. The van der Waals surface area contributed by atoms with Crippen LogP contribution in [0.3, 0.4) is 0 Å². The Morgan fingerprint density at radius 3 is 2.86 bits per heavy atom. The lowest BCUT2D eigenvalue weighted by atomic mass is 10.5. The fourth-order valence-electron chi connectivity index (χ4n) is 2.03. The molecule has 0 N–H and O–H groups in total. The molecule has 3 heterocycles. The Morgan fingerprint density at radius 2 is 2.14 bits per heavy atom. The highest BCUT2D eigenvalue weighted by Crippen LogP contribution is 2.16. The second-order valence-corrected chi connectivity index (χ2v) is 4.67. The minimum atomic E-state index is -2.53. The fourth-order valence-corrected chi connectivity index (χ4v) is 2.16. The van der Waals surface area contributed by atoms with Crippen molar-refractivity contribution in [1.29, 1.82) is 0 Å². The van der Waals surface area contributed by atoms with Crippen LogP contribution in [0.2, 0.25) is 5.28 Å². The lowest BCUT2D eigenvalue weighted by Crippen LogP contribution is -2.20. The van der Waals surface area contributed by atoms with Crippen LogP contribution in [0.15, 0.2) is 23.4 Å². The van der Waals surface area contributed by atoms with Crippen molar-refractivity contribution in [2.24, 2.45) is 7.05 Å². The number of nitrogens with zero attached hydrogens (tertiary/aromatic N) is 6. The molecule has 0 bridgehead atoms. The van der Waals surface area contributed by atoms with Crippen LogP contribution in [0.4, 0.5) is 8.78 Å². The van der Waals surface area contributed by atoms with Gasteiger partial charge in [-0.2, -0.15) is 10.1 Å². The minimum absolute atomic E-state index is 0.0122. The van der Waals surface area contributed by atoms with E-state index in [1.165, 1.54) is 27.7 Å². The van der Waals surface area contributed by atoms with Crippen molar-refractivity contribution >= 4 is 22.8 Å². The van der Waals surface area contributed by atoms with Gasteiger partial charge in [0.25, 0.3) is 6.43 Å². The Balaban J connectivity index is 2.20. The third kappa shape index (κ3) is 2.29. The Labute approximate surface area is 121 Å². The van der Waals surface area contributed by atoms with Crippen LogP contribution >= 0.6 is 11.6 Å². The third-order valence-corrected chi connectivity index (χ3v) is 3.16. The summed E-state index contributed by atoms with van der Waals surface area (Å²) in [5.41, 5.74) is 0.712. The van der Waals surface area contributed by atoms with Gasteiger partial charge in [0.1, 0.15) is 12.1 Å². The van der Waals surface area contributed by atoms with Gasteiger partial charge in [0.2, 0.25) is 5.28 Å². The van der Waals surface area contributed by atoms with Gasteiger partial charge in [-0.1, -0.05) is 0 Å². The third-order valence-electron chi connectivity index (χ3n) is 2.97. The van der Waals surface area contributed by atoms with Crippen LogP contribution in [0, 0.1) is 0 Å². The van der Waals surface area contributed by atoms with Gasteiger partial charge in [-0.05, 0) is 11.6 Å². The van der Waals surface area contributed by atoms with E-state index in [0.29, 0.717) is 16.9 Å². The number of alkyl halides is 2. The number of fused-ring (bicyclic) bond motifs is 1. The highest BCUT2D eigenvalue weighted by molar-refractivity contribution is 6.28. The first-order chi connectivity index (χ1) is 9.97. The number of hydrogen-bond acceptors (Lipinski definition) is 4. The monoisotopic (exact) mass is 314 g/mol. The van der Waals surface area contributed by atoms with Crippen molar-refractivity contribution in [3.63, 3.8) is 0 Å². The summed E-state index contributed by atoms with van der Waals surface area (Å²) in [5, 5.41) is 3.79. The van der Waals surface area contributed by atoms with E-state index < -0.39 is 18.7 Å². The van der Waals surface area contributed by atoms with E-state index in [1.807, 2.05) is 0 Å². The molecule has 0 spiro atoms. The zero-order valence-electron chi connectivity index (χ0n) is 10.7. The van der Waals surface area contributed by atoms with Crippen LogP contribution in [0.1, 0.15) is 0 Å². The molecule has 7 nitrogen and oxygen atoms in total. The SMILES string of the molecule is Cn1c(=O)n(-c2cnn(CC(F)F)c2)c2nc(Cl)ncc21. The summed E-state index contributed by atoms with van der Waals surface area (Å²) in [6.07, 6.45) is 1.56. The summed E-state index contributed by atoms with van der Waals surface area (Å²) >= 11 is 5.75. The van der Waals surface area contributed by atoms with E-state index in [4.69, 9.17) is 11.6 Å². The standard InChI is InChI=1S/C11H9ClF2N6O/c1-18-7-3-15-10(12)17-9(7)20(11(18)21)6-2-16-19(4-6)5-8(13)14/h2-4,8H,5H2,1H3. The van der Waals surface area contributed by atoms with E-state index in [1.54, 1.807) is 7.05 Å². The van der Waals surface area contributed by atoms with E-state index in [-0.39, 0.29) is 5.28 Å². The Kier molecular flexibility index (Phi) is 3.20. The molecule has 110 valence electrons.